The van der Waals surface area contributed by atoms with Crippen molar-refractivity contribution in [2.75, 3.05) is 19.0 Å². The molecule has 3 fully saturated rings. The smallest absolute Gasteiger partial charge is 0.248 e. The second kappa shape index (κ2) is 7.73. The number of hydrogen-bond acceptors (Lipinski definition) is 5. The number of amides is 3. The standard InChI is InChI=1S/C21H26ClN3O4S/c1-10-8-14-15(18(27)23-3)16-20(29)25(11(2)9-26)17(21(10,16)30-14)19(28)24-13-7-5-4-6-12(13)22/h4-7,10-11,14-17,26H,8-9H2,1-3H3,(H,23,27)(H,24,28)/t10?,11-,14+,15-,16+,17?,21?/m1/s1. The fourth-order valence-corrected chi connectivity index (χ4v) is 8.14. The summed E-state index contributed by atoms with van der Waals surface area (Å²) in [6, 6.07) is 5.60. The van der Waals surface area contributed by atoms with Crippen molar-refractivity contribution in [3.05, 3.63) is 29.3 Å². The van der Waals surface area contributed by atoms with Gasteiger partial charge in [-0.05, 0) is 31.4 Å². The molecule has 0 aromatic heterocycles. The van der Waals surface area contributed by atoms with E-state index in [1.54, 1.807) is 50.0 Å². The van der Waals surface area contributed by atoms with Crippen molar-refractivity contribution >= 4 is 46.8 Å². The van der Waals surface area contributed by atoms with Gasteiger partial charge in [0.25, 0.3) is 0 Å². The van der Waals surface area contributed by atoms with Crippen molar-refractivity contribution in [3.8, 4) is 0 Å². The first kappa shape index (κ1) is 21.5. The number of fused-ring (bicyclic) bond motifs is 1. The molecule has 4 rings (SSSR count). The Morgan fingerprint density at radius 2 is 2.07 bits per heavy atom. The fraction of sp³-hybridized carbons (Fsp3) is 0.571. The van der Waals surface area contributed by atoms with Gasteiger partial charge in [0.05, 0.1) is 39.9 Å². The maximum absolute atomic E-state index is 13.6. The molecule has 1 spiro atoms. The predicted octanol–water partition coefficient (Wildman–Crippen LogP) is 1.74. The Hall–Kier alpha value is -1.77. The van der Waals surface area contributed by atoms with E-state index < -0.39 is 28.7 Å². The number of likely N-dealkylation sites (tertiary alicyclic amines) is 1. The third kappa shape index (κ3) is 2.87. The van der Waals surface area contributed by atoms with Crippen LogP contribution in [0.25, 0.3) is 0 Å². The third-order valence-electron chi connectivity index (χ3n) is 6.85. The number of anilines is 1. The topological polar surface area (TPSA) is 98.7 Å². The van der Waals surface area contributed by atoms with Gasteiger partial charge in [-0.15, -0.1) is 11.8 Å². The molecule has 3 heterocycles. The van der Waals surface area contributed by atoms with Crippen molar-refractivity contribution in [1.82, 2.24) is 10.2 Å². The molecular formula is C21H26ClN3O4S. The minimum absolute atomic E-state index is 0.00361. The Balaban J connectivity index is 1.78. The number of nitrogens with one attached hydrogen (secondary N) is 2. The summed E-state index contributed by atoms with van der Waals surface area (Å²) in [5.41, 5.74) is 0.473. The summed E-state index contributed by atoms with van der Waals surface area (Å²) in [6.45, 7) is 3.51. The van der Waals surface area contributed by atoms with E-state index in [1.807, 2.05) is 0 Å². The Labute approximate surface area is 184 Å². The van der Waals surface area contributed by atoms with Crippen LogP contribution in [0.5, 0.6) is 0 Å². The third-order valence-corrected chi connectivity index (χ3v) is 9.26. The van der Waals surface area contributed by atoms with Gasteiger partial charge >= 0.3 is 0 Å². The molecule has 3 aliphatic heterocycles. The maximum Gasteiger partial charge on any atom is 0.248 e. The lowest BCUT2D eigenvalue weighted by Gasteiger charge is -2.39. The van der Waals surface area contributed by atoms with E-state index in [1.165, 1.54) is 4.90 Å². The zero-order valence-electron chi connectivity index (χ0n) is 17.1. The zero-order valence-corrected chi connectivity index (χ0v) is 18.7. The predicted molar refractivity (Wildman–Crippen MR) is 116 cm³/mol. The van der Waals surface area contributed by atoms with Crippen LogP contribution in [0.3, 0.4) is 0 Å². The highest BCUT2D eigenvalue weighted by molar-refractivity contribution is 8.02. The largest absolute Gasteiger partial charge is 0.394 e. The second-order valence-corrected chi connectivity index (χ2v) is 10.4. The van der Waals surface area contributed by atoms with Gasteiger partial charge in [0.15, 0.2) is 0 Å². The summed E-state index contributed by atoms with van der Waals surface area (Å²) in [7, 11) is 1.57. The number of aliphatic hydroxyl groups is 1. The molecule has 3 amide bonds. The Kier molecular flexibility index (Phi) is 5.53. The highest BCUT2D eigenvalue weighted by atomic mass is 35.5. The van der Waals surface area contributed by atoms with Gasteiger partial charge in [0.1, 0.15) is 6.04 Å². The number of para-hydroxylation sites is 1. The van der Waals surface area contributed by atoms with E-state index in [2.05, 4.69) is 17.6 Å². The number of carbonyl (C=O) groups excluding carboxylic acids is 3. The van der Waals surface area contributed by atoms with E-state index >= 15 is 0 Å². The van der Waals surface area contributed by atoms with Crippen LogP contribution in [0, 0.1) is 17.8 Å². The van der Waals surface area contributed by atoms with Gasteiger partial charge < -0.3 is 20.6 Å². The lowest BCUT2D eigenvalue weighted by atomic mass is 9.66. The van der Waals surface area contributed by atoms with Crippen LogP contribution in [-0.2, 0) is 14.4 Å². The van der Waals surface area contributed by atoms with E-state index in [-0.39, 0.29) is 35.5 Å². The molecule has 3 unspecified atom stereocenters. The van der Waals surface area contributed by atoms with Crippen molar-refractivity contribution in [3.63, 3.8) is 0 Å². The second-order valence-electron chi connectivity index (χ2n) is 8.41. The Morgan fingerprint density at radius 1 is 1.37 bits per heavy atom. The van der Waals surface area contributed by atoms with Gasteiger partial charge in [0.2, 0.25) is 17.7 Å². The van der Waals surface area contributed by atoms with Crippen LogP contribution in [0.15, 0.2) is 24.3 Å². The van der Waals surface area contributed by atoms with E-state index in [9.17, 15) is 19.5 Å². The van der Waals surface area contributed by atoms with Crippen LogP contribution < -0.4 is 10.6 Å². The molecule has 7 atom stereocenters. The molecule has 0 saturated carbocycles. The molecule has 0 radical (unpaired) electrons. The highest BCUT2D eigenvalue weighted by Gasteiger charge is 2.76. The first-order valence-corrected chi connectivity index (χ1v) is 11.4. The molecule has 1 aromatic carbocycles. The molecule has 162 valence electrons. The van der Waals surface area contributed by atoms with Crippen molar-refractivity contribution in [1.29, 1.82) is 0 Å². The molecule has 2 bridgehead atoms. The molecule has 0 aliphatic carbocycles. The number of hydrogen-bond donors (Lipinski definition) is 3. The van der Waals surface area contributed by atoms with Gasteiger partial charge in [0, 0.05) is 12.3 Å². The molecule has 30 heavy (non-hydrogen) atoms. The monoisotopic (exact) mass is 451 g/mol. The summed E-state index contributed by atoms with van der Waals surface area (Å²) < 4.78 is -0.715. The highest BCUT2D eigenvalue weighted by Crippen LogP contribution is 2.68. The fourth-order valence-electron chi connectivity index (χ4n) is 5.55. The maximum atomic E-state index is 13.6. The number of rotatable bonds is 5. The van der Waals surface area contributed by atoms with Crippen LogP contribution >= 0.6 is 23.4 Å². The number of carbonyl (C=O) groups is 3. The van der Waals surface area contributed by atoms with E-state index in [0.717, 1.165) is 6.42 Å². The molecule has 3 aliphatic rings. The van der Waals surface area contributed by atoms with Crippen LogP contribution in [-0.4, -0.2) is 63.5 Å². The first-order chi connectivity index (χ1) is 14.3. The Bertz CT molecular complexity index is 899. The van der Waals surface area contributed by atoms with Crippen LogP contribution in [0.1, 0.15) is 20.3 Å². The minimum Gasteiger partial charge on any atom is -0.394 e. The Morgan fingerprint density at radius 3 is 2.70 bits per heavy atom. The first-order valence-electron chi connectivity index (χ1n) is 10.2. The number of halogens is 1. The van der Waals surface area contributed by atoms with Gasteiger partial charge in [-0.2, -0.15) is 0 Å². The summed E-state index contributed by atoms with van der Waals surface area (Å²) in [6.07, 6.45) is 0.768. The lowest BCUT2D eigenvalue weighted by Crippen LogP contribution is -2.56. The minimum atomic E-state index is -0.798. The summed E-state index contributed by atoms with van der Waals surface area (Å²) in [5.74, 6) is -1.73. The van der Waals surface area contributed by atoms with Gasteiger partial charge in [-0.25, -0.2) is 0 Å². The average molecular weight is 452 g/mol. The number of thioether (sulfide) groups is 1. The quantitative estimate of drug-likeness (QED) is 0.633. The number of aliphatic hydroxyl groups excluding tert-OH is 1. The van der Waals surface area contributed by atoms with Gasteiger partial charge in [-0.1, -0.05) is 30.7 Å². The summed E-state index contributed by atoms with van der Waals surface area (Å²) in [4.78, 5) is 41.4. The van der Waals surface area contributed by atoms with E-state index in [4.69, 9.17) is 11.6 Å². The zero-order chi connectivity index (χ0) is 21.8. The molecular weight excluding hydrogens is 426 g/mol. The van der Waals surface area contributed by atoms with Gasteiger partial charge in [-0.3, -0.25) is 14.4 Å². The van der Waals surface area contributed by atoms with Crippen molar-refractivity contribution < 1.29 is 19.5 Å². The van der Waals surface area contributed by atoms with Crippen LogP contribution in [0.2, 0.25) is 5.02 Å². The number of benzene rings is 1. The molecule has 1 aromatic rings. The number of nitrogens with zero attached hydrogens (tertiary/aromatic N) is 1. The molecule has 7 nitrogen and oxygen atoms in total. The van der Waals surface area contributed by atoms with E-state index in [0.29, 0.717) is 10.7 Å². The van der Waals surface area contributed by atoms with Crippen molar-refractivity contribution in [2.45, 2.75) is 42.3 Å². The molecule has 9 heteroatoms. The summed E-state index contributed by atoms with van der Waals surface area (Å²) >= 11 is 7.83. The molecule has 3 saturated heterocycles. The van der Waals surface area contributed by atoms with Crippen LogP contribution in [0.4, 0.5) is 5.69 Å². The average Bonchev–Trinajstić information content (AvgIpc) is 3.32. The van der Waals surface area contributed by atoms with Crippen molar-refractivity contribution in [2.24, 2.45) is 17.8 Å². The normalized spacial score (nSPS) is 35.3. The summed E-state index contributed by atoms with van der Waals surface area (Å²) in [5, 5.41) is 15.8. The molecule has 3 N–H and O–H groups in total. The lowest BCUT2D eigenvalue weighted by molar-refractivity contribution is -0.141. The SMILES string of the molecule is CNC(=O)[C@@H]1[C@@H]2CC(C)C3(S2)C(C(=O)Nc2ccccc2Cl)N([C@H](C)CO)C(=O)[C@H]13.